The zero-order valence-corrected chi connectivity index (χ0v) is 22.4. The quantitative estimate of drug-likeness (QED) is 0.338. The van der Waals surface area contributed by atoms with Crippen molar-refractivity contribution in [2.75, 3.05) is 43.2 Å². The molecule has 11 nitrogen and oxygen atoms in total. The van der Waals surface area contributed by atoms with Gasteiger partial charge in [-0.05, 0) is 42.0 Å². The van der Waals surface area contributed by atoms with Crippen LogP contribution in [-0.4, -0.2) is 64.8 Å². The van der Waals surface area contributed by atoms with Crippen LogP contribution >= 0.6 is 0 Å². The molecule has 0 saturated carbocycles. The van der Waals surface area contributed by atoms with Crippen molar-refractivity contribution >= 4 is 23.3 Å². The molecule has 1 atom stereocenters. The van der Waals surface area contributed by atoms with E-state index in [9.17, 15) is 27.9 Å². The SMILES string of the molecule is O=C(Nc1ccc(N2CCN(C(=O)C(O)c3ccc4c(c3)OCO4)CC2)nc1)c1oc(-c2ccccc2)nc1C(F)(F)F. The average Bonchev–Trinajstić information content (AvgIpc) is 3.69. The van der Waals surface area contributed by atoms with Crippen LogP contribution in [0.4, 0.5) is 24.7 Å². The Kier molecular flexibility index (Phi) is 7.36. The zero-order chi connectivity index (χ0) is 30.1. The number of alkyl halides is 3. The van der Waals surface area contributed by atoms with Gasteiger partial charge in [0.2, 0.25) is 18.4 Å². The summed E-state index contributed by atoms with van der Waals surface area (Å²) in [6, 6.07) is 15.9. The summed E-state index contributed by atoms with van der Waals surface area (Å²) in [5, 5.41) is 13.0. The maximum atomic E-state index is 13.6. The van der Waals surface area contributed by atoms with E-state index in [0.717, 1.165) is 0 Å². The van der Waals surface area contributed by atoms with Crippen LogP contribution < -0.4 is 19.7 Å². The molecule has 1 unspecified atom stereocenters. The Hall–Kier alpha value is -5.11. The van der Waals surface area contributed by atoms with Crippen LogP contribution in [-0.2, 0) is 11.0 Å². The Morgan fingerprint density at radius 1 is 0.953 bits per heavy atom. The number of aliphatic hydroxyl groups is 1. The molecule has 1 fully saturated rings. The minimum Gasteiger partial charge on any atom is -0.454 e. The molecule has 2 aromatic carbocycles. The summed E-state index contributed by atoms with van der Waals surface area (Å²) < 4.78 is 56.7. The monoisotopic (exact) mass is 595 g/mol. The molecule has 222 valence electrons. The van der Waals surface area contributed by atoms with Crippen molar-refractivity contribution in [1.82, 2.24) is 14.9 Å². The van der Waals surface area contributed by atoms with E-state index < -0.39 is 35.5 Å². The normalized spacial score (nSPS) is 15.3. The van der Waals surface area contributed by atoms with Gasteiger partial charge < -0.3 is 34.1 Å². The summed E-state index contributed by atoms with van der Waals surface area (Å²) in [6.45, 7) is 1.59. The average molecular weight is 596 g/mol. The Morgan fingerprint density at radius 2 is 1.70 bits per heavy atom. The summed E-state index contributed by atoms with van der Waals surface area (Å²) in [7, 11) is 0. The van der Waals surface area contributed by atoms with Gasteiger partial charge in [0, 0.05) is 31.7 Å². The Balaban J connectivity index is 1.07. The molecular formula is C29H24F3N5O6. The van der Waals surface area contributed by atoms with Crippen LogP contribution in [0.25, 0.3) is 11.5 Å². The minimum atomic E-state index is -4.91. The van der Waals surface area contributed by atoms with Gasteiger partial charge in [0.15, 0.2) is 23.3 Å². The number of carbonyl (C=O) groups is 2. The molecule has 4 aromatic rings. The number of nitrogens with one attached hydrogen (secondary N) is 1. The number of piperazine rings is 1. The number of aliphatic hydroxyl groups excluding tert-OH is 1. The molecule has 43 heavy (non-hydrogen) atoms. The lowest BCUT2D eigenvalue weighted by atomic mass is 10.1. The number of carbonyl (C=O) groups excluding carboxylic acids is 2. The van der Waals surface area contributed by atoms with Gasteiger partial charge in [0.1, 0.15) is 5.82 Å². The van der Waals surface area contributed by atoms with Crippen LogP contribution in [0.15, 0.2) is 71.3 Å². The van der Waals surface area contributed by atoms with Gasteiger partial charge in [-0.2, -0.15) is 13.2 Å². The number of ether oxygens (including phenoxy) is 2. The largest absolute Gasteiger partial charge is 0.454 e. The standard InChI is InChI=1S/C29H24F3N5O6/c30-29(31,32)25-24(43-27(35-25)17-4-2-1-3-5-17)26(39)34-19-7-9-22(33-15-19)36-10-12-37(13-11-36)28(40)23(38)18-6-8-20-21(14-18)42-16-41-20/h1-9,14-15,23,38H,10-13,16H2,(H,34,39). The maximum absolute atomic E-state index is 13.6. The molecule has 2 aromatic heterocycles. The Labute approximate surface area is 242 Å². The fourth-order valence-electron chi connectivity index (χ4n) is 4.76. The highest BCUT2D eigenvalue weighted by Gasteiger charge is 2.41. The van der Waals surface area contributed by atoms with Gasteiger partial charge in [-0.25, -0.2) is 9.97 Å². The second kappa shape index (κ2) is 11.3. The second-order valence-corrected chi connectivity index (χ2v) is 9.75. The number of fused-ring (bicyclic) bond motifs is 1. The van der Waals surface area contributed by atoms with E-state index in [1.54, 1.807) is 47.4 Å². The number of amides is 2. The molecule has 0 aliphatic carbocycles. The number of hydrogen-bond donors (Lipinski definition) is 2. The lowest BCUT2D eigenvalue weighted by molar-refractivity contribution is -0.142. The van der Waals surface area contributed by atoms with Gasteiger partial charge in [0.05, 0.1) is 11.9 Å². The highest BCUT2D eigenvalue weighted by atomic mass is 19.4. The summed E-state index contributed by atoms with van der Waals surface area (Å²) in [6.07, 6.45) is -4.95. The molecular weight excluding hydrogens is 571 g/mol. The molecule has 6 rings (SSSR count). The first-order valence-corrected chi connectivity index (χ1v) is 13.2. The topological polar surface area (TPSA) is 130 Å². The Morgan fingerprint density at radius 3 is 2.40 bits per heavy atom. The first kappa shape index (κ1) is 28.0. The van der Waals surface area contributed by atoms with Crippen molar-refractivity contribution < 1.29 is 41.8 Å². The van der Waals surface area contributed by atoms with Crippen LogP contribution in [0.5, 0.6) is 11.5 Å². The van der Waals surface area contributed by atoms with Crippen LogP contribution in [0, 0.1) is 0 Å². The summed E-state index contributed by atoms with van der Waals surface area (Å²) in [5.74, 6) is -1.28. The molecule has 1 saturated heterocycles. The Bertz CT molecular complexity index is 1640. The molecule has 0 spiro atoms. The fraction of sp³-hybridized carbons (Fsp3) is 0.241. The van der Waals surface area contributed by atoms with Crippen molar-refractivity contribution in [3.8, 4) is 23.0 Å². The van der Waals surface area contributed by atoms with Crippen molar-refractivity contribution in [3.05, 3.63) is 83.9 Å². The van der Waals surface area contributed by atoms with E-state index in [-0.39, 0.29) is 18.4 Å². The van der Waals surface area contributed by atoms with Gasteiger partial charge in [-0.15, -0.1) is 0 Å². The van der Waals surface area contributed by atoms with Crippen LogP contribution in [0.1, 0.15) is 27.9 Å². The third-order valence-electron chi connectivity index (χ3n) is 6.99. The summed E-state index contributed by atoms with van der Waals surface area (Å²) >= 11 is 0. The molecule has 0 radical (unpaired) electrons. The summed E-state index contributed by atoms with van der Waals surface area (Å²) in [4.78, 5) is 37.0. The molecule has 2 N–H and O–H groups in total. The predicted molar refractivity (Wildman–Crippen MR) is 145 cm³/mol. The molecule has 14 heteroatoms. The number of aromatic nitrogens is 2. The van der Waals surface area contributed by atoms with Crippen molar-refractivity contribution in [3.63, 3.8) is 0 Å². The first-order chi connectivity index (χ1) is 20.7. The number of oxazole rings is 1. The fourth-order valence-corrected chi connectivity index (χ4v) is 4.76. The number of nitrogens with zero attached hydrogens (tertiary/aromatic N) is 4. The third kappa shape index (κ3) is 5.81. The number of hydrogen-bond acceptors (Lipinski definition) is 9. The van der Waals surface area contributed by atoms with E-state index in [0.29, 0.717) is 54.6 Å². The lowest BCUT2D eigenvalue weighted by Crippen LogP contribution is -2.50. The highest BCUT2D eigenvalue weighted by Crippen LogP contribution is 2.36. The molecule has 4 heterocycles. The van der Waals surface area contributed by atoms with Crippen LogP contribution in [0.3, 0.4) is 0 Å². The van der Waals surface area contributed by atoms with Gasteiger partial charge in [-0.3, -0.25) is 9.59 Å². The molecule has 0 bridgehead atoms. The first-order valence-electron chi connectivity index (χ1n) is 13.2. The van der Waals surface area contributed by atoms with Gasteiger partial charge in [0.25, 0.3) is 11.8 Å². The van der Waals surface area contributed by atoms with Crippen molar-refractivity contribution in [2.45, 2.75) is 12.3 Å². The molecule has 2 aliphatic rings. The number of anilines is 2. The van der Waals surface area contributed by atoms with Crippen molar-refractivity contribution in [1.29, 1.82) is 0 Å². The maximum Gasteiger partial charge on any atom is 0.437 e. The van der Waals surface area contributed by atoms with Gasteiger partial charge >= 0.3 is 6.18 Å². The zero-order valence-electron chi connectivity index (χ0n) is 22.4. The smallest absolute Gasteiger partial charge is 0.437 e. The van der Waals surface area contributed by atoms with Crippen LogP contribution in [0.2, 0.25) is 0 Å². The molecule has 2 amide bonds. The number of pyridine rings is 1. The van der Waals surface area contributed by atoms with E-state index in [1.807, 2.05) is 4.90 Å². The number of rotatable bonds is 6. The number of benzene rings is 2. The minimum absolute atomic E-state index is 0.0855. The summed E-state index contributed by atoms with van der Waals surface area (Å²) in [5.41, 5.74) is -0.577. The molecule has 2 aliphatic heterocycles. The van der Waals surface area contributed by atoms with E-state index in [4.69, 9.17) is 13.9 Å². The predicted octanol–water partition coefficient (Wildman–Crippen LogP) is 4.12. The third-order valence-corrected chi connectivity index (χ3v) is 6.99. The highest BCUT2D eigenvalue weighted by molar-refractivity contribution is 6.03. The van der Waals surface area contributed by atoms with Gasteiger partial charge in [-0.1, -0.05) is 24.3 Å². The van der Waals surface area contributed by atoms with E-state index in [2.05, 4.69) is 15.3 Å². The van der Waals surface area contributed by atoms with E-state index in [1.165, 1.54) is 24.4 Å². The van der Waals surface area contributed by atoms with Crippen molar-refractivity contribution in [2.24, 2.45) is 0 Å². The number of halogens is 3. The second-order valence-electron chi connectivity index (χ2n) is 9.75. The van der Waals surface area contributed by atoms with E-state index >= 15 is 0 Å². The lowest BCUT2D eigenvalue weighted by Gasteiger charge is -2.36.